The highest BCUT2D eigenvalue weighted by molar-refractivity contribution is 5.59. The third kappa shape index (κ3) is 2.77. The van der Waals surface area contributed by atoms with Gasteiger partial charge in [0.25, 0.3) is 0 Å². The van der Waals surface area contributed by atoms with Gasteiger partial charge in [-0.3, -0.25) is 5.32 Å². The molecule has 1 aliphatic heterocycles. The largest absolute Gasteiger partial charge is 0.259 e. The predicted octanol–water partition coefficient (Wildman–Crippen LogP) is 3.68. The molecule has 0 atom stereocenters. The molecule has 0 saturated heterocycles. The Kier molecular flexibility index (Phi) is 4.14. The van der Waals surface area contributed by atoms with Gasteiger partial charge < -0.3 is 0 Å². The molecule has 0 spiro atoms. The maximum Gasteiger partial charge on any atom is 0.0541 e. The van der Waals surface area contributed by atoms with Crippen LogP contribution in [-0.4, -0.2) is 0 Å². The number of benzene rings is 1. The number of rotatable bonds is 1. The second-order valence-corrected chi connectivity index (χ2v) is 6.73. The topological polar surface area (TPSA) is 14.1 Å². The SMILES string of the molecule is CC1(C2=c3ccccc3=C[N]2)CCCCCCCCC1. The molecular weight excluding hydrogens is 242 g/mol. The molecule has 3 rings (SSSR count). The van der Waals surface area contributed by atoms with Gasteiger partial charge in [-0.05, 0) is 12.8 Å². The van der Waals surface area contributed by atoms with Crippen LogP contribution in [0.3, 0.4) is 0 Å². The second kappa shape index (κ2) is 6.03. The molecule has 1 heteroatoms. The van der Waals surface area contributed by atoms with Crippen LogP contribution in [0.25, 0.3) is 11.9 Å². The van der Waals surface area contributed by atoms with Gasteiger partial charge in [-0.1, -0.05) is 76.1 Å². The van der Waals surface area contributed by atoms with E-state index in [0.717, 1.165) is 0 Å². The fourth-order valence-electron chi connectivity index (χ4n) is 3.79. The summed E-state index contributed by atoms with van der Waals surface area (Å²) in [4.78, 5) is 0. The summed E-state index contributed by atoms with van der Waals surface area (Å²) in [7, 11) is 0. The highest BCUT2D eigenvalue weighted by atomic mass is 14.9. The van der Waals surface area contributed by atoms with E-state index in [4.69, 9.17) is 5.32 Å². The second-order valence-electron chi connectivity index (χ2n) is 6.73. The van der Waals surface area contributed by atoms with Crippen LogP contribution in [0.1, 0.15) is 64.7 Å². The Morgan fingerprint density at radius 1 is 0.850 bits per heavy atom. The minimum absolute atomic E-state index is 0.278. The maximum absolute atomic E-state index is 4.82. The Hall–Kier alpha value is -1.24. The summed E-state index contributed by atoms with van der Waals surface area (Å²) in [5, 5.41) is 7.50. The fourth-order valence-corrected chi connectivity index (χ4v) is 3.79. The monoisotopic (exact) mass is 268 g/mol. The maximum atomic E-state index is 4.82. The summed E-state index contributed by atoms with van der Waals surface area (Å²) in [6.45, 7) is 2.45. The van der Waals surface area contributed by atoms with E-state index >= 15 is 0 Å². The minimum Gasteiger partial charge on any atom is -0.259 e. The van der Waals surface area contributed by atoms with Crippen molar-refractivity contribution in [1.82, 2.24) is 5.32 Å². The molecule has 0 aromatic heterocycles. The molecule has 1 saturated carbocycles. The molecule has 1 radical (unpaired) electrons. The Balaban J connectivity index is 1.92. The van der Waals surface area contributed by atoms with Crippen molar-refractivity contribution in [2.45, 2.75) is 64.7 Å². The van der Waals surface area contributed by atoms with Gasteiger partial charge in [-0.15, -0.1) is 0 Å². The quantitative estimate of drug-likeness (QED) is 0.737. The molecule has 2 aliphatic rings. The molecule has 0 N–H and O–H groups in total. The zero-order valence-electron chi connectivity index (χ0n) is 12.7. The number of nitrogens with zero attached hydrogens (tertiary/aromatic N) is 1. The van der Waals surface area contributed by atoms with E-state index in [2.05, 4.69) is 37.4 Å². The average Bonchev–Trinajstić information content (AvgIpc) is 2.91. The van der Waals surface area contributed by atoms with Crippen molar-refractivity contribution in [3.8, 4) is 0 Å². The van der Waals surface area contributed by atoms with Gasteiger partial charge in [0.2, 0.25) is 0 Å². The molecule has 0 unspecified atom stereocenters. The van der Waals surface area contributed by atoms with E-state index in [9.17, 15) is 0 Å². The van der Waals surface area contributed by atoms with Crippen LogP contribution in [0, 0.1) is 5.41 Å². The summed E-state index contributed by atoms with van der Waals surface area (Å²) >= 11 is 0. The van der Waals surface area contributed by atoms with Gasteiger partial charge in [0.15, 0.2) is 0 Å². The highest BCUT2D eigenvalue weighted by Gasteiger charge is 2.31. The van der Waals surface area contributed by atoms with Crippen LogP contribution < -0.4 is 15.8 Å². The molecule has 1 aliphatic carbocycles. The lowest BCUT2D eigenvalue weighted by Crippen LogP contribution is -2.30. The van der Waals surface area contributed by atoms with Crippen LogP contribution in [-0.2, 0) is 0 Å². The third-order valence-electron chi connectivity index (χ3n) is 5.08. The zero-order valence-corrected chi connectivity index (χ0v) is 12.7. The predicted molar refractivity (Wildman–Crippen MR) is 85.4 cm³/mol. The van der Waals surface area contributed by atoms with E-state index in [1.165, 1.54) is 73.9 Å². The van der Waals surface area contributed by atoms with Crippen LogP contribution >= 0.6 is 0 Å². The van der Waals surface area contributed by atoms with Crippen LogP contribution in [0.2, 0.25) is 0 Å². The Morgan fingerprint density at radius 3 is 2.15 bits per heavy atom. The summed E-state index contributed by atoms with van der Waals surface area (Å²) in [5.74, 6) is 0. The first-order chi connectivity index (χ1) is 9.80. The lowest BCUT2D eigenvalue weighted by molar-refractivity contribution is 0.323. The molecule has 1 nitrogen and oxygen atoms in total. The van der Waals surface area contributed by atoms with E-state index in [-0.39, 0.29) is 5.41 Å². The van der Waals surface area contributed by atoms with Gasteiger partial charge in [-0.2, -0.15) is 0 Å². The molecule has 20 heavy (non-hydrogen) atoms. The van der Waals surface area contributed by atoms with Crippen molar-refractivity contribution in [2.75, 3.05) is 0 Å². The van der Waals surface area contributed by atoms with Gasteiger partial charge in [0.1, 0.15) is 0 Å². The molecule has 0 bridgehead atoms. The third-order valence-corrected chi connectivity index (χ3v) is 5.08. The average molecular weight is 268 g/mol. The van der Waals surface area contributed by atoms with Crippen molar-refractivity contribution >= 4 is 11.9 Å². The van der Waals surface area contributed by atoms with E-state index in [1.54, 1.807) is 0 Å². The normalized spacial score (nSPS) is 22.6. The molecule has 1 heterocycles. The van der Waals surface area contributed by atoms with Crippen molar-refractivity contribution in [2.24, 2.45) is 5.41 Å². The summed E-state index contributed by atoms with van der Waals surface area (Å²) in [6.07, 6.45) is 14.5. The number of hydrogen-bond acceptors (Lipinski definition) is 0. The lowest BCUT2D eigenvalue weighted by Gasteiger charge is -2.31. The van der Waals surface area contributed by atoms with Crippen LogP contribution in [0.4, 0.5) is 0 Å². The molecule has 1 fully saturated rings. The van der Waals surface area contributed by atoms with E-state index < -0.39 is 0 Å². The first kappa shape index (κ1) is 13.7. The minimum atomic E-state index is 0.278. The lowest BCUT2D eigenvalue weighted by atomic mass is 9.75. The fraction of sp³-hybridized carbons (Fsp3) is 0.579. The standard InChI is InChI=1S/C19H26N/c1-19(13-9-5-3-2-4-6-10-14-19)18-17-12-8-7-11-16(17)15-20-18/h7-8,11-12,15H,2-6,9-10,13-14H2,1H3. The van der Waals surface area contributed by atoms with Crippen molar-refractivity contribution in [3.05, 3.63) is 34.7 Å². The molecule has 107 valence electrons. The molecule has 1 aromatic carbocycles. The van der Waals surface area contributed by atoms with E-state index in [0.29, 0.717) is 0 Å². The summed E-state index contributed by atoms with van der Waals surface area (Å²) in [6, 6.07) is 8.71. The van der Waals surface area contributed by atoms with Crippen LogP contribution in [0.5, 0.6) is 0 Å². The molecule has 0 amide bonds. The van der Waals surface area contributed by atoms with Crippen molar-refractivity contribution < 1.29 is 0 Å². The zero-order chi connectivity index (χ0) is 13.8. The van der Waals surface area contributed by atoms with Gasteiger partial charge in [-0.25, -0.2) is 0 Å². The van der Waals surface area contributed by atoms with Gasteiger partial charge in [0.05, 0.1) is 5.70 Å². The summed E-state index contributed by atoms with van der Waals surface area (Å²) < 4.78 is 0. The molecular formula is C19H26N. The Morgan fingerprint density at radius 2 is 1.45 bits per heavy atom. The van der Waals surface area contributed by atoms with Crippen LogP contribution in [0.15, 0.2) is 24.3 Å². The van der Waals surface area contributed by atoms with Gasteiger partial charge >= 0.3 is 0 Å². The summed E-state index contributed by atoms with van der Waals surface area (Å²) in [5.41, 5.74) is 1.63. The van der Waals surface area contributed by atoms with Crippen molar-refractivity contribution in [3.63, 3.8) is 0 Å². The Bertz CT molecular complexity index is 560. The highest BCUT2D eigenvalue weighted by Crippen LogP contribution is 2.39. The number of hydrogen-bond donors (Lipinski definition) is 0. The smallest absolute Gasteiger partial charge is 0.0541 e. The number of fused-ring (bicyclic) bond motifs is 1. The van der Waals surface area contributed by atoms with Gasteiger partial charge in [0, 0.05) is 22.1 Å². The van der Waals surface area contributed by atoms with E-state index in [1.807, 2.05) is 0 Å². The first-order valence-electron chi connectivity index (χ1n) is 8.30. The van der Waals surface area contributed by atoms with Crippen molar-refractivity contribution in [1.29, 1.82) is 0 Å². The molecule has 1 aromatic rings. The Labute approximate surface area is 122 Å². The first-order valence-corrected chi connectivity index (χ1v) is 8.30.